The summed E-state index contributed by atoms with van der Waals surface area (Å²) in [7, 11) is 1.73. The molecule has 1 aliphatic carbocycles. The molecular weight excluding hydrogens is 274 g/mol. The van der Waals surface area contributed by atoms with Crippen LogP contribution >= 0.6 is 0 Å². The van der Waals surface area contributed by atoms with Crippen LogP contribution in [0.3, 0.4) is 0 Å². The Kier molecular flexibility index (Phi) is 3.99. The minimum Gasteiger partial charge on any atom is -0.376 e. The Morgan fingerprint density at radius 2 is 1.82 bits per heavy atom. The molecule has 1 aliphatic rings. The molecule has 0 bridgehead atoms. The minimum atomic E-state index is -0.330. The van der Waals surface area contributed by atoms with Crippen LogP contribution in [0, 0.1) is 6.92 Å². The van der Waals surface area contributed by atoms with Gasteiger partial charge in [0.2, 0.25) is 0 Å². The highest BCUT2D eigenvalue weighted by molar-refractivity contribution is 5.94. The third kappa shape index (κ3) is 2.90. The fourth-order valence-electron chi connectivity index (χ4n) is 3.13. The Balaban J connectivity index is 1.69. The Morgan fingerprint density at radius 1 is 1.14 bits per heavy atom. The number of amides is 1. The molecule has 2 aromatic carbocycles. The van der Waals surface area contributed by atoms with Gasteiger partial charge in [-0.15, -0.1) is 0 Å². The summed E-state index contributed by atoms with van der Waals surface area (Å²) in [4.78, 5) is 12.3. The standard InChI is InChI=1S/C19H21NO2/c1-14-6-5-9-15(10-14)18(21)20-13-19(22-2)11-16-7-3-4-8-17(16)12-19/h3-10H,11-13H2,1-2H3,(H,20,21). The maximum atomic E-state index is 12.3. The molecule has 22 heavy (non-hydrogen) atoms. The molecule has 0 atom stereocenters. The van der Waals surface area contributed by atoms with Gasteiger partial charge in [-0.25, -0.2) is 0 Å². The van der Waals surface area contributed by atoms with E-state index < -0.39 is 0 Å². The zero-order valence-corrected chi connectivity index (χ0v) is 13.1. The highest BCUT2D eigenvalue weighted by Crippen LogP contribution is 2.32. The van der Waals surface area contributed by atoms with E-state index in [0.717, 1.165) is 18.4 Å². The third-order valence-corrected chi connectivity index (χ3v) is 4.43. The first-order chi connectivity index (χ1) is 10.6. The summed E-state index contributed by atoms with van der Waals surface area (Å²) in [5.74, 6) is -0.0453. The molecule has 0 aromatic heterocycles. The van der Waals surface area contributed by atoms with Crippen LogP contribution in [0.15, 0.2) is 48.5 Å². The predicted octanol–water partition coefficient (Wildman–Crippen LogP) is 2.91. The Labute approximate surface area is 131 Å². The van der Waals surface area contributed by atoms with Gasteiger partial charge < -0.3 is 10.1 Å². The van der Waals surface area contributed by atoms with Crippen molar-refractivity contribution in [3.63, 3.8) is 0 Å². The van der Waals surface area contributed by atoms with Gasteiger partial charge >= 0.3 is 0 Å². The van der Waals surface area contributed by atoms with E-state index in [1.807, 2.05) is 31.2 Å². The summed E-state index contributed by atoms with van der Waals surface area (Å²) >= 11 is 0. The van der Waals surface area contributed by atoms with Gasteiger partial charge in [0.1, 0.15) is 0 Å². The van der Waals surface area contributed by atoms with Crippen molar-refractivity contribution in [2.24, 2.45) is 0 Å². The van der Waals surface area contributed by atoms with Gasteiger partial charge in [0, 0.05) is 32.1 Å². The van der Waals surface area contributed by atoms with E-state index in [-0.39, 0.29) is 11.5 Å². The number of nitrogens with one attached hydrogen (secondary N) is 1. The Hall–Kier alpha value is -2.13. The van der Waals surface area contributed by atoms with Gasteiger partial charge in [-0.05, 0) is 30.2 Å². The molecular formula is C19H21NO2. The molecule has 0 spiro atoms. The van der Waals surface area contributed by atoms with Crippen molar-refractivity contribution >= 4 is 5.91 Å². The molecule has 0 radical (unpaired) electrons. The van der Waals surface area contributed by atoms with Crippen molar-refractivity contribution in [3.05, 3.63) is 70.8 Å². The lowest BCUT2D eigenvalue weighted by Crippen LogP contribution is -2.45. The second-order valence-corrected chi connectivity index (χ2v) is 6.06. The van der Waals surface area contributed by atoms with Crippen LogP contribution < -0.4 is 5.32 Å². The number of hydrogen-bond donors (Lipinski definition) is 1. The number of fused-ring (bicyclic) bond motifs is 1. The van der Waals surface area contributed by atoms with Gasteiger partial charge in [0.25, 0.3) is 5.91 Å². The van der Waals surface area contributed by atoms with Gasteiger partial charge in [0.15, 0.2) is 0 Å². The number of rotatable bonds is 4. The van der Waals surface area contributed by atoms with Crippen molar-refractivity contribution in [1.29, 1.82) is 0 Å². The quantitative estimate of drug-likeness (QED) is 0.942. The van der Waals surface area contributed by atoms with E-state index in [1.165, 1.54) is 11.1 Å². The maximum Gasteiger partial charge on any atom is 0.251 e. The lowest BCUT2D eigenvalue weighted by atomic mass is 10.00. The first kappa shape index (κ1) is 14.8. The molecule has 1 N–H and O–H groups in total. The molecule has 0 aliphatic heterocycles. The lowest BCUT2D eigenvalue weighted by molar-refractivity contribution is 0.000177. The van der Waals surface area contributed by atoms with E-state index in [4.69, 9.17) is 4.74 Å². The van der Waals surface area contributed by atoms with E-state index in [0.29, 0.717) is 12.1 Å². The Morgan fingerprint density at radius 3 is 2.41 bits per heavy atom. The van der Waals surface area contributed by atoms with Crippen molar-refractivity contribution < 1.29 is 9.53 Å². The monoisotopic (exact) mass is 295 g/mol. The average Bonchev–Trinajstić information content (AvgIpc) is 2.92. The zero-order chi connectivity index (χ0) is 15.6. The molecule has 0 fully saturated rings. The molecule has 0 saturated carbocycles. The van der Waals surface area contributed by atoms with Crippen LogP contribution in [-0.4, -0.2) is 25.2 Å². The van der Waals surface area contributed by atoms with Crippen molar-refractivity contribution in [2.75, 3.05) is 13.7 Å². The number of ether oxygens (including phenoxy) is 1. The maximum absolute atomic E-state index is 12.3. The number of carbonyl (C=O) groups excluding carboxylic acids is 1. The Bertz CT molecular complexity index is 668. The zero-order valence-electron chi connectivity index (χ0n) is 13.1. The first-order valence-electron chi connectivity index (χ1n) is 7.59. The molecule has 0 saturated heterocycles. The summed E-state index contributed by atoms with van der Waals surface area (Å²) < 4.78 is 5.78. The molecule has 114 valence electrons. The third-order valence-electron chi connectivity index (χ3n) is 4.43. The normalized spacial score (nSPS) is 15.4. The molecule has 3 nitrogen and oxygen atoms in total. The predicted molar refractivity (Wildman–Crippen MR) is 87.1 cm³/mol. The second-order valence-electron chi connectivity index (χ2n) is 6.06. The van der Waals surface area contributed by atoms with Gasteiger partial charge in [-0.1, -0.05) is 42.0 Å². The van der Waals surface area contributed by atoms with Crippen molar-refractivity contribution in [3.8, 4) is 0 Å². The number of methoxy groups -OCH3 is 1. The van der Waals surface area contributed by atoms with Crippen LogP contribution in [0.2, 0.25) is 0 Å². The number of benzene rings is 2. The second kappa shape index (κ2) is 5.93. The van der Waals surface area contributed by atoms with Crippen LogP contribution in [-0.2, 0) is 17.6 Å². The summed E-state index contributed by atoms with van der Waals surface area (Å²) in [6.45, 7) is 2.51. The largest absolute Gasteiger partial charge is 0.376 e. The molecule has 0 unspecified atom stereocenters. The van der Waals surface area contributed by atoms with Crippen molar-refractivity contribution in [1.82, 2.24) is 5.32 Å². The fourth-order valence-corrected chi connectivity index (χ4v) is 3.13. The average molecular weight is 295 g/mol. The van der Waals surface area contributed by atoms with E-state index in [9.17, 15) is 4.79 Å². The smallest absolute Gasteiger partial charge is 0.251 e. The first-order valence-corrected chi connectivity index (χ1v) is 7.59. The number of carbonyl (C=O) groups is 1. The highest BCUT2D eigenvalue weighted by atomic mass is 16.5. The van der Waals surface area contributed by atoms with E-state index in [1.54, 1.807) is 7.11 Å². The molecule has 1 amide bonds. The van der Waals surface area contributed by atoms with Crippen LogP contribution in [0.5, 0.6) is 0 Å². The number of hydrogen-bond acceptors (Lipinski definition) is 2. The minimum absolute atomic E-state index is 0.0453. The van der Waals surface area contributed by atoms with Gasteiger partial charge in [0.05, 0.1) is 5.60 Å². The number of aryl methyl sites for hydroxylation is 1. The van der Waals surface area contributed by atoms with Crippen LogP contribution in [0.1, 0.15) is 27.0 Å². The summed E-state index contributed by atoms with van der Waals surface area (Å²) in [6, 6.07) is 16.0. The SMILES string of the molecule is COC1(CNC(=O)c2cccc(C)c2)Cc2ccccc2C1. The van der Waals surface area contributed by atoms with Crippen LogP contribution in [0.4, 0.5) is 0 Å². The summed E-state index contributed by atoms with van der Waals surface area (Å²) in [5.41, 5.74) is 4.08. The molecule has 3 rings (SSSR count). The molecule has 0 heterocycles. The summed E-state index contributed by atoms with van der Waals surface area (Å²) in [6.07, 6.45) is 1.68. The fraction of sp³-hybridized carbons (Fsp3) is 0.316. The van der Waals surface area contributed by atoms with Crippen molar-refractivity contribution in [2.45, 2.75) is 25.4 Å². The van der Waals surface area contributed by atoms with Gasteiger partial charge in [-0.3, -0.25) is 4.79 Å². The van der Waals surface area contributed by atoms with E-state index in [2.05, 4.69) is 29.6 Å². The van der Waals surface area contributed by atoms with Crippen LogP contribution in [0.25, 0.3) is 0 Å². The molecule has 2 aromatic rings. The summed E-state index contributed by atoms with van der Waals surface area (Å²) in [5, 5.41) is 3.03. The van der Waals surface area contributed by atoms with Gasteiger partial charge in [-0.2, -0.15) is 0 Å². The highest BCUT2D eigenvalue weighted by Gasteiger charge is 2.37. The van der Waals surface area contributed by atoms with E-state index >= 15 is 0 Å². The lowest BCUT2D eigenvalue weighted by Gasteiger charge is -2.27. The molecule has 3 heteroatoms. The topological polar surface area (TPSA) is 38.3 Å².